The maximum absolute atomic E-state index is 9.31. The van der Waals surface area contributed by atoms with Crippen LogP contribution in [0.5, 0.6) is 0 Å². The Kier molecular flexibility index (Phi) is 4.17. The fraction of sp³-hybridized carbons (Fsp3) is 0.333. The van der Waals surface area contributed by atoms with Crippen molar-refractivity contribution in [2.24, 2.45) is 0 Å². The van der Waals surface area contributed by atoms with E-state index in [0.29, 0.717) is 0 Å². The number of aliphatic hydroxyl groups is 1. The van der Waals surface area contributed by atoms with E-state index in [4.69, 9.17) is 0 Å². The van der Waals surface area contributed by atoms with Crippen LogP contribution in [0.15, 0.2) is 30.3 Å². The molecule has 2 nitrogen and oxygen atoms in total. The van der Waals surface area contributed by atoms with Gasteiger partial charge in [-0.2, -0.15) is 0 Å². The van der Waals surface area contributed by atoms with Crippen LogP contribution in [0.4, 0.5) is 0 Å². The Hall–Kier alpha value is -1.16. The molecular weight excluding hydrogens is 242 g/mol. The third-order valence-corrected chi connectivity index (χ3v) is 4.12. The molecule has 1 aromatic heterocycles. The Labute approximate surface area is 113 Å². The summed E-state index contributed by atoms with van der Waals surface area (Å²) in [5.74, 6) is 0. The highest BCUT2D eigenvalue weighted by molar-refractivity contribution is 7.15. The summed E-state index contributed by atoms with van der Waals surface area (Å²) in [4.78, 5) is 4.82. The van der Waals surface area contributed by atoms with Gasteiger partial charge in [0.25, 0.3) is 0 Å². The first-order valence-corrected chi connectivity index (χ1v) is 6.86. The monoisotopic (exact) mass is 261 g/mol. The van der Waals surface area contributed by atoms with Gasteiger partial charge in [-0.05, 0) is 49.8 Å². The van der Waals surface area contributed by atoms with Crippen LogP contribution in [0.2, 0.25) is 0 Å². The molecule has 0 radical (unpaired) electrons. The molecule has 2 aromatic rings. The van der Waals surface area contributed by atoms with Gasteiger partial charge in [0.15, 0.2) is 0 Å². The van der Waals surface area contributed by atoms with Gasteiger partial charge in [-0.15, -0.1) is 11.3 Å². The standard InChI is InChI=1S/C15H19NOS/c1-11-12(10-17)5-4-6-14(11)15-8-7-13(18-15)9-16(2)3/h4-8,17H,9-10H2,1-3H3. The molecule has 1 heterocycles. The molecule has 0 atom stereocenters. The molecule has 0 aliphatic carbocycles. The molecule has 96 valence electrons. The lowest BCUT2D eigenvalue weighted by molar-refractivity contribution is 0.281. The van der Waals surface area contributed by atoms with Crippen LogP contribution < -0.4 is 0 Å². The first-order chi connectivity index (χ1) is 8.61. The normalized spacial score (nSPS) is 11.2. The molecule has 1 N–H and O–H groups in total. The van der Waals surface area contributed by atoms with E-state index in [2.05, 4.69) is 44.1 Å². The molecule has 0 aliphatic heterocycles. The van der Waals surface area contributed by atoms with Gasteiger partial charge in [-0.25, -0.2) is 0 Å². The molecule has 0 amide bonds. The zero-order valence-electron chi connectivity index (χ0n) is 11.1. The molecule has 1 aromatic carbocycles. The van der Waals surface area contributed by atoms with Crippen LogP contribution in [-0.2, 0) is 13.2 Å². The van der Waals surface area contributed by atoms with Crippen molar-refractivity contribution in [1.29, 1.82) is 0 Å². The highest BCUT2D eigenvalue weighted by atomic mass is 32.1. The summed E-state index contributed by atoms with van der Waals surface area (Å²) < 4.78 is 0. The number of nitrogens with zero attached hydrogens (tertiary/aromatic N) is 1. The fourth-order valence-corrected chi connectivity index (χ4v) is 3.25. The van der Waals surface area contributed by atoms with Crippen molar-refractivity contribution < 1.29 is 5.11 Å². The van der Waals surface area contributed by atoms with Crippen molar-refractivity contribution in [3.63, 3.8) is 0 Å². The van der Waals surface area contributed by atoms with Crippen LogP contribution >= 0.6 is 11.3 Å². The Bertz CT molecular complexity index is 531. The molecular formula is C15H19NOS. The molecule has 0 bridgehead atoms. The van der Waals surface area contributed by atoms with E-state index < -0.39 is 0 Å². The summed E-state index contributed by atoms with van der Waals surface area (Å²) >= 11 is 1.82. The average molecular weight is 261 g/mol. The predicted molar refractivity (Wildman–Crippen MR) is 77.8 cm³/mol. The van der Waals surface area contributed by atoms with Crippen LogP contribution in [0, 0.1) is 6.92 Å². The quantitative estimate of drug-likeness (QED) is 0.913. The summed E-state index contributed by atoms with van der Waals surface area (Å²) in [7, 11) is 4.16. The summed E-state index contributed by atoms with van der Waals surface area (Å²) in [5.41, 5.74) is 3.42. The Morgan fingerprint density at radius 3 is 2.61 bits per heavy atom. The third kappa shape index (κ3) is 2.80. The minimum Gasteiger partial charge on any atom is -0.392 e. The highest BCUT2D eigenvalue weighted by Gasteiger charge is 2.08. The third-order valence-electron chi connectivity index (χ3n) is 3.02. The zero-order chi connectivity index (χ0) is 13.1. The smallest absolute Gasteiger partial charge is 0.0684 e. The van der Waals surface area contributed by atoms with E-state index in [1.807, 2.05) is 23.5 Å². The van der Waals surface area contributed by atoms with Crippen molar-refractivity contribution in [1.82, 2.24) is 4.90 Å². The van der Waals surface area contributed by atoms with Crippen molar-refractivity contribution >= 4 is 11.3 Å². The van der Waals surface area contributed by atoms with Crippen LogP contribution in [-0.4, -0.2) is 24.1 Å². The van der Waals surface area contributed by atoms with Gasteiger partial charge in [-0.3, -0.25) is 0 Å². The second kappa shape index (κ2) is 5.65. The Morgan fingerprint density at radius 1 is 1.17 bits per heavy atom. The molecule has 0 unspecified atom stereocenters. The molecule has 18 heavy (non-hydrogen) atoms. The zero-order valence-corrected chi connectivity index (χ0v) is 11.9. The number of aliphatic hydroxyl groups excluding tert-OH is 1. The van der Waals surface area contributed by atoms with Crippen molar-refractivity contribution in [2.45, 2.75) is 20.1 Å². The summed E-state index contributed by atoms with van der Waals surface area (Å²) in [6, 6.07) is 10.5. The predicted octanol–water partition coefficient (Wildman–Crippen LogP) is 3.28. The van der Waals surface area contributed by atoms with E-state index in [1.54, 1.807) is 0 Å². The lowest BCUT2D eigenvalue weighted by atomic mass is 10.0. The van der Waals surface area contributed by atoms with E-state index in [0.717, 1.165) is 12.1 Å². The van der Waals surface area contributed by atoms with Crippen molar-refractivity contribution in [2.75, 3.05) is 14.1 Å². The molecule has 0 fully saturated rings. The van der Waals surface area contributed by atoms with E-state index in [1.165, 1.54) is 20.9 Å². The van der Waals surface area contributed by atoms with E-state index >= 15 is 0 Å². The fourth-order valence-electron chi connectivity index (χ4n) is 2.04. The first kappa shape index (κ1) is 13.3. The number of benzene rings is 1. The topological polar surface area (TPSA) is 23.5 Å². The second-order valence-corrected chi connectivity index (χ2v) is 5.92. The molecule has 0 spiro atoms. The van der Waals surface area contributed by atoms with Gasteiger partial charge in [0.1, 0.15) is 0 Å². The Morgan fingerprint density at radius 2 is 1.94 bits per heavy atom. The number of rotatable bonds is 4. The minimum atomic E-state index is 0.107. The van der Waals surface area contributed by atoms with Gasteiger partial charge in [0, 0.05) is 16.3 Å². The summed E-state index contributed by atoms with van der Waals surface area (Å²) in [5, 5.41) is 9.31. The molecule has 0 saturated heterocycles. The average Bonchev–Trinajstić information content (AvgIpc) is 2.76. The second-order valence-electron chi connectivity index (χ2n) is 4.75. The maximum atomic E-state index is 9.31. The van der Waals surface area contributed by atoms with E-state index in [9.17, 15) is 5.11 Å². The maximum Gasteiger partial charge on any atom is 0.0684 e. The molecule has 0 saturated carbocycles. The van der Waals surface area contributed by atoms with Gasteiger partial charge in [-0.1, -0.05) is 18.2 Å². The number of thiophene rings is 1. The van der Waals surface area contributed by atoms with Gasteiger partial charge in [0.2, 0.25) is 0 Å². The van der Waals surface area contributed by atoms with Gasteiger partial charge >= 0.3 is 0 Å². The van der Waals surface area contributed by atoms with E-state index in [-0.39, 0.29) is 6.61 Å². The van der Waals surface area contributed by atoms with Gasteiger partial charge < -0.3 is 10.0 Å². The van der Waals surface area contributed by atoms with Crippen LogP contribution in [0.3, 0.4) is 0 Å². The highest BCUT2D eigenvalue weighted by Crippen LogP contribution is 2.32. The minimum absolute atomic E-state index is 0.107. The number of hydrogen-bond donors (Lipinski definition) is 1. The van der Waals surface area contributed by atoms with Crippen LogP contribution in [0.1, 0.15) is 16.0 Å². The molecule has 3 heteroatoms. The lowest BCUT2D eigenvalue weighted by Gasteiger charge is -2.08. The van der Waals surface area contributed by atoms with Crippen molar-refractivity contribution in [3.05, 3.63) is 46.3 Å². The van der Waals surface area contributed by atoms with Gasteiger partial charge in [0.05, 0.1) is 6.61 Å². The summed E-state index contributed by atoms with van der Waals surface area (Å²) in [6.45, 7) is 3.16. The SMILES string of the molecule is Cc1c(CO)cccc1-c1ccc(CN(C)C)s1. The lowest BCUT2D eigenvalue weighted by Crippen LogP contribution is -2.09. The molecule has 2 rings (SSSR count). The molecule has 0 aliphatic rings. The largest absolute Gasteiger partial charge is 0.392 e. The summed E-state index contributed by atoms with van der Waals surface area (Å²) in [6.07, 6.45) is 0. The first-order valence-electron chi connectivity index (χ1n) is 6.05. The van der Waals surface area contributed by atoms with Crippen LogP contribution in [0.25, 0.3) is 10.4 Å². The van der Waals surface area contributed by atoms with Crippen molar-refractivity contribution in [3.8, 4) is 10.4 Å². The number of hydrogen-bond acceptors (Lipinski definition) is 3. The Balaban J connectivity index is 2.34.